The third-order valence-electron chi connectivity index (χ3n) is 3.65. The molecule has 0 aliphatic carbocycles. The number of carboxylic acid groups (broad SMARTS) is 1. The third kappa shape index (κ3) is 4.42. The number of carboxylic acids is 1. The summed E-state index contributed by atoms with van der Waals surface area (Å²) in [6.45, 7) is 0. The fraction of sp³-hybridized carbons (Fsp3) is 0.0500. The Kier molecular flexibility index (Phi) is 6.78. The predicted octanol–water partition coefficient (Wildman–Crippen LogP) is 3.82. The molecular weight excluding hydrogens is 506 g/mol. The quantitative estimate of drug-likeness (QED) is 0.407. The third-order valence-corrected chi connectivity index (χ3v) is 3.65. The molecule has 0 saturated heterocycles. The van der Waals surface area contributed by atoms with Crippen LogP contribution < -0.4 is 0 Å². The first-order valence-corrected chi connectivity index (χ1v) is 7.68. The van der Waals surface area contributed by atoms with Crippen molar-refractivity contribution in [2.75, 3.05) is 0 Å². The number of carbonyl (C=O) groups is 1. The van der Waals surface area contributed by atoms with Crippen molar-refractivity contribution in [1.29, 1.82) is 0 Å². The molecule has 26 heavy (non-hydrogen) atoms. The van der Waals surface area contributed by atoms with Gasteiger partial charge in [0.05, 0.1) is 0 Å². The summed E-state index contributed by atoms with van der Waals surface area (Å²) in [6, 6.07) is 21.4. The Morgan fingerprint density at radius 2 is 1.81 bits per heavy atom. The zero-order valence-electron chi connectivity index (χ0n) is 14.0. The van der Waals surface area contributed by atoms with Gasteiger partial charge in [0, 0.05) is 45.7 Å². The molecule has 2 aromatic heterocycles. The maximum absolute atomic E-state index is 10.2. The summed E-state index contributed by atoms with van der Waals surface area (Å²) in [7, 11) is 1.64. The van der Waals surface area contributed by atoms with Gasteiger partial charge < -0.3 is 14.7 Å². The van der Waals surface area contributed by atoms with Crippen LogP contribution in [0.2, 0.25) is 0 Å². The summed E-state index contributed by atoms with van der Waals surface area (Å²) in [5.74, 6) is -0.933. The number of imidazole rings is 1. The first-order valence-electron chi connectivity index (χ1n) is 7.68. The Hall–Kier alpha value is -2.82. The number of aromatic carboxylic acids is 1. The molecule has 0 aliphatic heterocycles. The molecule has 0 bridgehead atoms. The van der Waals surface area contributed by atoms with E-state index in [2.05, 4.69) is 28.2 Å². The number of pyridine rings is 1. The molecule has 1 N–H and O–H groups in total. The van der Waals surface area contributed by atoms with Crippen molar-refractivity contribution in [3.8, 4) is 11.3 Å². The molecule has 0 saturated carbocycles. The van der Waals surface area contributed by atoms with Crippen LogP contribution >= 0.6 is 0 Å². The minimum Gasteiger partial charge on any atom is -0.475 e. The Balaban J connectivity index is 0.000000210. The van der Waals surface area contributed by atoms with Gasteiger partial charge in [0.2, 0.25) is 5.82 Å². The summed E-state index contributed by atoms with van der Waals surface area (Å²) in [4.78, 5) is 18.2. The van der Waals surface area contributed by atoms with E-state index in [-0.39, 0.29) is 25.9 Å². The van der Waals surface area contributed by atoms with E-state index in [1.165, 1.54) is 21.5 Å². The van der Waals surface area contributed by atoms with Crippen LogP contribution in [0.4, 0.5) is 0 Å². The van der Waals surface area contributed by atoms with Gasteiger partial charge in [-0.15, -0.1) is 35.9 Å². The standard InChI is InChI=1S/C15H10N.C5H6N2O2.Ir/c1-2-7-13(8-3-1)15-14-9-5-4-6-12(14)10-11-16-15;1-7-3-2-6-4(7)5(8)9;/h1-7,9-11H;2-3H,1H3,(H,8,9);/q-1;;. The summed E-state index contributed by atoms with van der Waals surface area (Å²) in [5.41, 5.74) is 2.04. The molecule has 0 atom stereocenters. The average molecular weight is 523 g/mol. The van der Waals surface area contributed by atoms with E-state index in [1.807, 2.05) is 48.7 Å². The van der Waals surface area contributed by atoms with E-state index >= 15 is 0 Å². The van der Waals surface area contributed by atoms with Gasteiger partial charge >= 0.3 is 5.97 Å². The van der Waals surface area contributed by atoms with Gasteiger partial charge in [0.1, 0.15) is 0 Å². The number of nitrogens with zero attached hydrogens (tertiary/aromatic N) is 3. The molecule has 2 heterocycles. The molecule has 0 amide bonds. The molecule has 133 valence electrons. The second-order valence-corrected chi connectivity index (χ2v) is 5.32. The number of rotatable bonds is 2. The van der Waals surface area contributed by atoms with Crippen LogP contribution in [0.1, 0.15) is 10.6 Å². The van der Waals surface area contributed by atoms with Crippen LogP contribution in [0.15, 0.2) is 73.2 Å². The SMILES string of the molecule is Cn1ccnc1C(=O)O.[Ir].[c-]1ccccc1-c1nccc2ccccc12. The maximum atomic E-state index is 10.2. The van der Waals surface area contributed by atoms with Crippen molar-refractivity contribution in [2.24, 2.45) is 7.05 Å². The van der Waals surface area contributed by atoms with E-state index in [4.69, 9.17) is 5.11 Å². The Labute approximate surface area is 164 Å². The fourth-order valence-electron chi connectivity index (χ4n) is 2.45. The normalized spacial score (nSPS) is 9.73. The van der Waals surface area contributed by atoms with Crippen LogP contribution in [-0.2, 0) is 27.2 Å². The summed E-state index contributed by atoms with van der Waals surface area (Å²) >= 11 is 0. The van der Waals surface area contributed by atoms with Crippen molar-refractivity contribution < 1.29 is 30.0 Å². The molecule has 0 unspecified atom stereocenters. The van der Waals surface area contributed by atoms with Crippen LogP contribution in [0, 0.1) is 6.07 Å². The number of fused-ring (bicyclic) bond motifs is 1. The molecule has 4 aromatic rings. The average Bonchev–Trinajstić information content (AvgIpc) is 3.09. The topological polar surface area (TPSA) is 68.0 Å². The molecule has 6 heteroatoms. The Morgan fingerprint density at radius 3 is 2.42 bits per heavy atom. The molecule has 1 radical (unpaired) electrons. The zero-order chi connectivity index (χ0) is 17.6. The summed E-state index contributed by atoms with van der Waals surface area (Å²) in [6.07, 6.45) is 4.88. The van der Waals surface area contributed by atoms with Crippen molar-refractivity contribution in [3.63, 3.8) is 0 Å². The van der Waals surface area contributed by atoms with Crippen molar-refractivity contribution >= 4 is 16.7 Å². The van der Waals surface area contributed by atoms with Gasteiger partial charge in [-0.05, 0) is 22.5 Å². The van der Waals surface area contributed by atoms with Crippen molar-refractivity contribution in [1.82, 2.24) is 14.5 Å². The van der Waals surface area contributed by atoms with Crippen LogP contribution in [0.5, 0.6) is 0 Å². The second kappa shape index (κ2) is 9.04. The van der Waals surface area contributed by atoms with Crippen LogP contribution in [0.25, 0.3) is 22.0 Å². The van der Waals surface area contributed by atoms with Gasteiger partial charge in [0.25, 0.3) is 0 Å². The monoisotopic (exact) mass is 523 g/mol. The molecule has 2 aromatic carbocycles. The molecule has 0 spiro atoms. The molecular formula is C20H16IrN3O2-. The van der Waals surface area contributed by atoms with Crippen LogP contribution in [0.3, 0.4) is 0 Å². The Morgan fingerprint density at radius 1 is 1.04 bits per heavy atom. The van der Waals surface area contributed by atoms with Gasteiger partial charge in [-0.2, -0.15) is 0 Å². The van der Waals surface area contributed by atoms with E-state index in [0.29, 0.717) is 0 Å². The zero-order valence-corrected chi connectivity index (χ0v) is 16.4. The Bertz CT molecular complexity index is 995. The van der Waals surface area contributed by atoms with Gasteiger partial charge in [-0.25, -0.2) is 9.78 Å². The first-order chi connectivity index (χ1) is 12.2. The number of hydrogen-bond acceptors (Lipinski definition) is 3. The van der Waals surface area contributed by atoms with Gasteiger partial charge in [-0.1, -0.05) is 24.3 Å². The number of aromatic nitrogens is 3. The second-order valence-electron chi connectivity index (χ2n) is 5.32. The number of aryl methyl sites for hydroxylation is 1. The summed E-state index contributed by atoms with van der Waals surface area (Å²) < 4.78 is 1.45. The summed E-state index contributed by atoms with van der Waals surface area (Å²) in [5, 5.41) is 10.8. The maximum Gasteiger partial charge on any atom is 0.372 e. The predicted molar refractivity (Wildman–Crippen MR) is 96.2 cm³/mol. The van der Waals surface area contributed by atoms with E-state index < -0.39 is 5.97 Å². The van der Waals surface area contributed by atoms with Crippen molar-refractivity contribution in [2.45, 2.75) is 0 Å². The van der Waals surface area contributed by atoms with Crippen molar-refractivity contribution in [3.05, 3.63) is 85.1 Å². The van der Waals surface area contributed by atoms with E-state index in [1.54, 1.807) is 13.2 Å². The fourth-order valence-corrected chi connectivity index (χ4v) is 2.45. The molecule has 4 rings (SSSR count). The van der Waals surface area contributed by atoms with Gasteiger partial charge in [-0.3, -0.25) is 0 Å². The van der Waals surface area contributed by atoms with E-state index in [9.17, 15) is 4.79 Å². The molecule has 0 fully saturated rings. The van der Waals surface area contributed by atoms with E-state index in [0.717, 1.165) is 11.3 Å². The smallest absolute Gasteiger partial charge is 0.372 e. The van der Waals surface area contributed by atoms with Gasteiger partial charge in [0.15, 0.2) is 0 Å². The largest absolute Gasteiger partial charge is 0.475 e. The molecule has 5 nitrogen and oxygen atoms in total. The number of hydrogen-bond donors (Lipinski definition) is 1. The molecule has 0 aliphatic rings. The van der Waals surface area contributed by atoms with Crippen LogP contribution in [-0.4, -0.2) is 25.6 Å². The first kappa shape index (κ1) is 19.5. The number of benzene rings is 2. The minimum absolute atomic E-state index is 0. The minimum atomic E-state index is -0.998.